The van der Waals surface area contributed by atoms with Gasteiger partial charge in [-0.1, -0.05) is 6.92 Å². The molecular weight excluding hydrogens is 139 g/mol. The number of carboxylic acids is 1. The zero-order valence-electron chi connectivity index (χ0n) is 4.09. The maximum atomic E-state index is 9.60. The average molecular weight is 147 g/mol. The van der Waals surface area contributed by atoms with Gasteiger partial charge in [0.05, 0.1) is 0 Å². The van der Waals surface area contributed by atoms with Crippen LogP contribution in [-0.2, 0) is 21.3 Å². The van der Waals surface area contributed by atoms with Crippen LogP contribution in [0.4, 0.5) is 0 Å². The molecule has 2 nitrogen and oxygen atoms in total. The Labute approximate surface area is 52.8 Å². The van der Waals surface area contributed by atoms with Gasteiger partial charge in [0.2, 0.25) is 0 Å². The minimum absolute atomic E-state index is 0. The molecule has 0 saturated carbocycles. The van der Waals surface area contributed by atoms with Crippen LogP contribution in [0.25, 0.3) is 0 Å². The van der Waals surface area contributed by atoms with E-state index in [1.54, 1.807) is 0 Å². The van der Waals surface area contributed by atoms with Gasteiger partial charge in [-0.15, -0.1) is 0 Å². The van der Waals surface area contributed by atoms with E-state index in [1.165, 1.54) is 0 Å². The van der Waals surface area contributed by atoms with Crippen molar-refractivity contribution in [2.24, 2.45) is 0 Å². The second kappa shape index (κ2) is 5.96. The van der Waals surface area contributed by atoms with Gasteiger partial charge in [-0.25, -0.2) is 0 Å². The molecule has 0 amide bonds. The first-order valence-corrected chi connectivity index (χ1v) is 1.99. The molecule has 0 fully saturated rings. The number of aliphatic carboxylic acids is 1. The molecule has 1 N–H and O–H groups in total. The maximum absolute atomic E-state index is 9.60. The summed E-state index contributed by atoms with van der Waals surface area (Å²) in [5.41, 5.74) is 0. The number of rotatable bonds is 2. The summed E-state index contributed by atoms with van der Waals surface area (Å²) in [7, 11) is 0. The van der Waals surface area contributed by atoms with Crippen LogP contribution in [0.1, 0.15) is 19.8 Å². The molecule has 0 bridgehead atoms. The maximum Gasteiger partial charge on any atom is 0.303 e. The van der Waals surface area contributed by atoms with E-state index in [0.717, 1.165) is 6.42 Å². The van der Waals surface area contributed by atoms with Crippen molar-refractivity contribution in [2.45, 2.75) is 19.8 Å². The molecule has 0 rings (SSSR count). The molecule has 7 heavy (non-hydrogen) atoms. The topological polar surface area (TPSA) is 37.3 Å². The number of hydrogen-bond donors (Lipinski definition) is 1. The predicted octanol–water partition coefficient (Wildman–Crippen LogP) is 0.869. The fourth-order valence-corrected chi connectivity index (χ4v) is 0.214. The molecule has 3 heteroatoms. The van der Waals surface area contributed by atoms with E-state index in [2.05, 4.69) is 0 Å². The van der Waals surface area contributed by atoms with Gasteiger partial charge in [0, 0.05) is 22.9 Å². The normalized spacial score (nSPS) is 7.00. The minimum atomic E-state index is -0.711. The molecule has 0 aliphatic carbocycles. The van der Waals surface area contributed by atoms with Crippen molar-refractivity contribution in [1.29, 1.82) is 0 Å². The second-order valence-corrected chi connectivity index (χ2v) is 1.14. The Morgan fingerprint density at radius 2 is 2.14 bits per heavy atom. The Hall–Kier alpha value is -0.0365. The largest absolute Gasteiger partial charge is 0.481 e. The van der Waals surface area contributed by atoms with Gasteiger partial charge in [-0.2, -0.15) is 0 Å². The molecule has 0 aliphatic heterocycles. The molecule has 0 saturated heterocycles. The monoisotopic (exact) mass is 146 g/mol. The summed E-state index contributed by atoms with van der Waals surface area (Å²) in [5, 5.41) is 7.91. The van der Waals surface area contributed by atoms with Gasteiger partial charge in [0.15, 0.2) is 0 Å². The molecule has 0 atom stereocenters. The van der Waals surface area contributed by atoms with Crippen molar-refractivity contribution >= 4 is 5.97 Å². The van der Waals surface area contributed by atoms with Crippen LogP contribution < -0.4 is 0 Å². The molecule has 0 spiro atoms. The number of hydrogen-bond acceptors (Lipinski definition) is 1. The van der Waals surface area contributed by atoms with Gasteiger partial charge in [-0.3, -0.25) is 4.79 Å². The third kappa shape index (κ3) is 10.7. The average Bonchev–Trinajstić information content (AvgIpc) is 1.35. The summed E-state index contributed by atoms with van der Waals surface area (Å²) in [6.07, 6.45) is 1.02. The Morgan fingerprint density at radius 3 is 2.14 bits per heavy atom. The Balaban J connectivity index is 0. The minimum Gasteiger partial charge on any atom is -0.481 e. The predicted molar refractivity (Wildman–Crippen MR) is 22.5 cm³/mol. The van der Waals surface area contributed by atoms with E-state index in [0.29, 0.717) is 6.42 Å². The van der Waals surface area contributed by atoms with E-state index < -0.39 is 5.97 Å². The third-order valence-corrected chi connectivity index (χ3v) is 0.464. The summed E-state index contributed by atoms with van der Waals surface area (Å²) >= 11 is 0. The first kappa shape index (κ1) is 10.1. The molecule has 0 aliphatic rings. The van der Waals surface area contributed by atoms with Gasteiger partial charge < -0.3 is 5.11 Å². The van der Waals surface area contributed by atoms with Gasteiger partial charge >= 0.3 is 5.97 Å². The van der Waals surface area contributed by atoms with E-state index in [-0.39, 0.29) is 16.5 Å². The zero-order chi connectivity index (χ0) is 4.99. The Bertz CT molecular complexity index is 53.7. The summed E-state index contributed by atoms with van der Waals surface area (Å²) in [6, 6.07) is 0. The molecular formula is C4H8NiO2. The van der Waals surface area contributed by atoms with Crippen LogP contribution in [0, 0.1) is 0 Å². The molecule has 0 radical (unpaired) electrons. The third-order valence-electron chi connectivity index (χ3n) is 0.464. The molecule has 0 aromatic carbocycles. The number of carbonyl (C=O) groups is 1. The SMILES string of the molecule is CCCC(=O)O.[Ni]. The van der Waals surface area contributed by atoms with Crippen LogP contribution in [-0.4, -0.2) is 11.1 Å². The quantitative estimate of drug-likeness (QED) is 0.588. The van der Waals surface area contributed by atoms with Crippen molar-refractivity contribution in [1.82, 2.24) is 0 Å². The summed E-state index contributed by atoms with van der Waals surface area (Å²) < 4.78 is 0. The summed E-state index contributed by atoms with van der Waals surface area (Å²) in [4.78, 5) is 9.60. The number of carboxylic acid groups (broad SMARTS) is 1. The fourth-order valence-electron chi connectivity index (χ4n) is 0.214. The van der Waals surface area contributed by atoms with E-state index in [1.807, 2.05) is 6.92 Å². The molecule has 0 heterocycles. The van der Waals surface area contributed by atoms with E-state index in [4.69, 9.17) is 5.11 Å². The Kier molecular flexibility index (Phi) is 8.56. The first-order valence-electron chi connectivity index (χ1n) is 1.99. The van der Waals surface area contributed by atoms with Crippen LogP contribution in [0.15, 0.2) is 0 Å². The van der Waals surface area contributed by atoms with Crippen molar-refractivity contribution in [3.05, 3.63) is 0 Å². The fraction of sp³-hybridized carbons (Fsp3) is 0.750. The smallest absolute Gasteiger partial charge is 0.303 e. The van der Waals surface area contributed by atoms with Crippen LogP contribution in [0.5, 0.6) is 0 Å². The summed E-state index contributed by atoms with van der Waals surface area (Å²) in [5.74, 6) is -0.711. The summed E-state index contributed by atoms with van der Waals surface area (Å²) in [6.45, 7) is 1.84. The van der Waals surface area contributed by atoms with E-state index in [9.17, 15) is 4.79 Å². The molecule has 46 valence electrons. The second-order valence-electron chi connectivity index (χ2n) is 1.14. The molecule has 0 unspecified atom stereocenters. The van der Waals surface area contributed by atoms with E-state index >= 15 is 0 Å². The van der Waals surface area contributed by atoms with Crippen molar-refractivity contribution < 1.29 is 26.4 Å². The van der Waals surface area contributed by atoms with Gasteiger partial charge in [0.1, 0.15) is 0 Å². The van der Waals surface area contributed by atoms with Crippen molar-refractivity contribution in [2.75, 3.05) is 0 Å². The van der Waals surface area contributed by atoms with Gasteiger partial charge in [0.25, 0.3) is 0 Å². The first-order chi connectivity index (χ1) is 2.77. The van der Waals surface area contributed by atoms with Crippen LogP contribution in [0.2, 0.25) is 0 Å². The molecule has 0 aromatic rings. The van der Waals surface area contributed by atoms with Crippen LogP contribution >= 0.6 is 0 Å². The Morgan fingerprint density at radius 1 is 1.71 bits per heavy atom. The van der Waals surface area contributed by atoms with Crippen LogP contribution in [0.3, 0.4) is 0 Å². The molecule has 0 aromatic heterocycles. The van der Waals surface area contributed by atoms with Gasteiger partial charge in [-0.05, 0) is 6.42 Å². The standard InChI is InChI=1S/C4H8O2.Ni/c1-2-3-4(5)6;/h2-3H2,1H3,(H,5,6);. The zero-order valence-corrected chi connectivity index (χ0v) is 5.07. The van der Waals surface area contributed by atoms with Crippen molar-refractivity contribution in [3.63, 3.8) is 0 Å². The van der Waals surface area contributed by atoms with Crippen molar-refractivity contribution in [3.8, 4) is 0 Å².